The zero-order chi connectivity index (χ0) is 13.7. The van der Waals surface area contributed by atoms with Crippen LogP contribution in [0.25, 0.3) is 0 Å². The van der Waals surface area contributed by atoms with Gasteiger partial charge in [0.1, 0.15) is 11.9 Å². The number of carbonyl (C=O) groups excluding carboxylic acids is 2. The summed E-state index contributed by atoms with van der Waals surface area (Å²) in [7, 11) is 0. The summed E-state index contributed by atoms with van der Waals surface area (Å²) in [6.45, 7) is 3.72. The van der Waals surface area contributed by atoms with Crippen molar-refractivity contribution in [2.24, 2.45) is 11.7 Å². The molecule has 0 saturated heterocycles. The van der Waals surface area contributed by atoms with Crippen LogP contribution in [-0.4, -0.2) is 17.9 Å². The maximum Gasteiger partial charge on any atom is 0.252 e. The number of nitrogens with one attached hydrogen (secondary N) is 1. The normalized spacial score (nSPS) is 13.7. The number of nitrogens with two attached hydrogens (primary N) is 1. The van der Waals surface area contributed by atoms with E-state index in [1.165, 1.54) is 18.2 Å². The average molecular weight is 252 g/mol. The molecule has 0 heterocycles. The highest BCUT2D eigenvalue weighted by atomic mass is 19.1. The van der Waals surface area contributed by atoms with Crippen molar-refractivity contribution in [1.82, 2.24) is 5.32 Å². The van der Waals surface area contributed by atoms with Gasteiger partial charge in [0.2, 0.25) is 5.91 Å². The molecule has 98 valence electrons. The largest absolute Gasteiger partial charge is 0.368 e. The lowest BCUT2D eigenvalue weighted by molar-refractivity contribution is -0.120. The lowest BCUT2D eigenvalue weighted by Crippen LogP contribution is -2.48. The van der Waals surface area contributed by atoms with Gasteiger partial charge in [-0.15, -0.1) is 0 Å². The van der Waals surface area contributed by atoms with Crippen molar-refractivity contribution in [3.05, 3.63) is 35.6 Å². The molecule has 2 atom stereocenters. The summed E-state index contributed by atoms with van der Waals surface area (Å²) < 4.78 is 13.0. The van der Waals surface area contributed by atoms with E-state index in [9.17, 15) is 14.0 Å². The summed E-state index contributed by atoms with van der Waals surface area (Å²) in [6.07, 6.45) is 0.705. The molecule has 0 aromatic heterocycles. The van der Waals surface area contributed by atoms with Crippen LogP contribution in [0.5, 0.6) is 0 Å². The standard InChI is InChI=1S/C13H17FN2O2/c1-3-8(2)11(12(15)17)16-13(18)9-5-4-6-10(14)7-9/h4-8,11H,3H2,1-2H3,(H2,15,17)(H,16,18)/t8-,11-/m1/s1. The molecule has 18 heavy (non-hydrogen) atoms. The fourth-order valence-corrected chi connectivity index (χ4v) is 1.58. The van der Waals surface area contributed by atoms with Crippen molar-refractivity contribution >= 4 is 11.8 Å². The van der Waals surface area contributed by atoms with Gasteiger partial charge in [0.05, 0.1) is 0 Å². The Bertz CT molecular complexity index is 448. The Morgan fingerprint density at radius 2 is 2.11 bits per heavy atom. The molecule has 4 nitrogen and oxygen atoms in total. The van der Waals surface area contributed by atoms with Crippen LogP contribution in [-0.2, 0) is 4.79 Å². The minimum Gasteiger partial charge on any atom is -0.368 e. The molecule has 0 radical (unpaired) electrons. The van der Waals surface area contributed by atoms with Gasteiger partial charge >= 0.3 is 0 Å². The Kier molecular flexibility index (Phi) is 4.83. The first-order chi connectivity index (χ1) is 8.45. The molecule has 0 fully saturated rings. The highest BCUT2D eigenvalue weighted by Gasteiger charge is 2.24. The van der Waals surface area contributed by atoms with Gasteiger partial charge in [0.25, 0.3) is 5.91 Å². The molecule has 5 heteroatoms. The van der Waals surface area contributed by atoms with Crippen molar-refractivity contribution in [1.29, 1.82) is 0 Å². The third-order valence-corrected chi connectivity index (χ3v) is 2.89. The number of primary amides is 1. The van der Waals surface area contributed by atoms with E-state index in [2.05, 4.69) is 5.32 Å². The molecule has 0 aliphatic heterocycles. The second-order valence-electron chi connectivity index (χ2n) is 4.25. The van der Waals surface area contributed by atoms with Crippen molar-refractivity contribution in [2.75, 3.05) is 0 Å². The summed E-state index contributed by atoms with van der Waals surface area (Å²) in [4.78, 5) is 23.1. The molecule has 1 rings (SSSR count). The van der Waals surface area contributed by atoms with Crippen molar-refractivity contribution in [3.63, 3.8) is 0 Å². The third-order valence-electron chi connectivity index (χ3n) is 2.89. The Morgan fingerprint density at radius 1 is 1.44 bits per heavy atom. The number of benzene rings is 1. The van der Waals surface area contributed by atoms with Gasteiger partial charge in [-0.25, -0.2) is 4.39 Å². The van der Waals surface area contributed by atoms with Crippen molar-refractivity contribution in [2.45, 2.75) is 26.3 Å². The topological polar surface area (TPSA) is 72.2 Å². The van der Waals surface area contributed by atoms with Gasteiger partial charge in [-0.3, -0.25) is 9.59 Å². The first kappa shape index (κ1) is 14.2. The number of rotatable bonds is 5. The highest BCUT2D eigenvalue weighted by Crippen LogP contribution is 2.09. The van der Waals surface area contributed by atoms with Crippen LogP contribution in [0.1, 0.15) is 30.6 Å². The Labute approximate surface area is 105 Å². The minimum absolute atomic E-state index is 0.0694. The zero-order valence-electron chi connectivity index (χ0n) is 10.4. The lowest BCUT2D eigenvalue weighted by atomic mass is 9.98. The summed E-state index contributed by atoms with van der Waals surface area (Å²) in [5.74, 6) is -1.66. The average Bonchev–Trinajstić information content (AvgIpc) is 2.34. The van der Waals surface area contributed by atoms with E-state index in [1.54, 1.807) is 0 Å². The summed E-state index contributed by atoms with van der Waals surface area (Å²) >= 11 is 0. The second-order valence-corrected chi connectivity index (χ2v) is 4.25. The van der Waals surface area contributed by atoms with Crippen LogP contribution >= 0.6 is 0 Å². The summed E-state index contributed by atoms with van der Waals surface area (Å²) in [5, 5.41) is 2.53. The van der Waals surface area contributed by atoms with E-state index in [0.717, 1.165) is 6.07 Å². The number of halogens is 1. The van der Waals surface area contributed by atoms with Gasteiger partial charge in [0.15, 0.2) is 0 Å². The van der Waals surface area contributed by atoms with E-state index in [-0.39, 0.29) is 11.5 Å². The fourth-order valence-electron chi connectivity index (χ4n) is 1.58. The number of carbonyl (C=O) groups is 2. The zero-order valence-corrected chi connectivity index (χ0v) is 10.4. The lowest BCUT2D eigenvalue weighted by Gasteiger charge is -2.21. The monoisotopic (exact) mass is 252 g/mol. The van der Waals surface area contributed by atoms with Gasteiger partial charge in [0, 0.05) is 5.56 Å². The SMILES string of the molecule is CC[C@@H](C)[C@@H](NC(=O)c1cccc(F)c1)C(N)=O. The number of hydrogen-bond acceptors (Lipinski definition) is 2. The molecule has 0 bridgehead atoms. The molecule has 3 N–H and O–H groups in total. The predicted octanol–water partition coefficient (Wildman–Crippen LogP) is 1.46. The smallest absolute Gasteiger partial charge is 0.252 e. The third kappa shape index (κ3) is 3.55. The van der Waals surface area contributed by atoms with Gasteiger partial charge in [-0.1, -0.05) is 26.3 Å². The molecule has 2 amide bonds. The maximum absolute atomic E-state index is 13.0. The predicted molar refractivity (Wildman–Crippen MR) is 66.3 cm³/mol. The van der Waals surface area contributed by atoms with Crippen molar-refractivity contribution in [3.8, 4) is 0 Å². The quantitative estimate of drug-likeness (QED) is 0.832. The van der Waals surface area contributed by atoms with E-state index >= 15 is 0 Å². The van der Waals surface area contributed by atoms with Crippen LogP contribution in [0.3, 0.4) is 0 Å². The van der Waals surface area contributed by atoms with Crippen LogP contribution in [0.15, 0.2) is 24.3 Å². The molecular formula is C13H17FN2O2. The molecule has 0 saturated carbocycles. The van der Waals surface area contributed by atoms with Crippen LogP contribution < -0.4 is 11.1 Å². The Hall–Kier alpha value is -1.91. The molecule has 0 unspecified atom stereocenters. The Morgan fingerprint density at radius 3 is 2.61 bits per heavy atom. The summed E-state index contributed by atoms with van der Waals surface area (Å²) in [5.41, 5.74) is 5.41. The molecular weight excluding hydrogens is 235 g/mol. The molecule has 0 aliphatic carbocycles. The van der Waals surface area contributed by atoms with Gasteiger partial charge in [-0.2, -0.15) is 0 Å². The Balaban J connectivity index is 2.82. The number of hydrogen-bond donors (Lipinski definition) is 2. The summed E-state index contributed by atoms with van der Waals surface area (Å²) in [6, 6.07) is 4.53. The van der Waals surface area contributed by atoms with Crippen LogP contribution in [0, 0.1) is 11.7 Å². The molecule has 0 aliphatic rings. The van der Waals surface area contributed by atoms with E-state index in [1.807, 2.05) is 13.8 Å². The molecule has 1 aromatic rings. The molecule has 1 aromatic carbocycles. The van der Waals surface area contributed by atoms with Crippen LogP contribution in [0.4, 0.5) is 4.39 Å². The maximum atomic E-state index is 13.0. The highest BCUT2D eigenvalue weighted by molar-refractivity contribution is 5.97. The van der Waals surface area contributed by atoms with Crippen LogP contribution in [0.2, 0.25) is 0 Å². The number of amides is 2. The minimum atomic E-state index is -0.745. The first-order valence-electron chi connectivity index (χ1n) is 5.81. The van der Waals surface area contributed by atoms with E-state index in [4.69, 9.17) is 5.73 Å². The van der Waals surface area contributed by atoms with Crippen molar-refractivity contribution < 1.29 is 14.0 Å². The van der Waals surface area contributed by atoms with Gasteiger partial charge < -0.3 is 11.1 Å². The van der Waals surface area contributed by atoms with Gasteiger partial charge in [-0.05, 0) is 24.1 Å². The molecule has 0 spiro atoms. The second kappa shape index (κ2) is 6.14. The fraction of sp³-hybridized carbons (Fsp3) is 0.385. The first-order valence-corrected chi connectivity index (χ1v) is 5.81. The van der Waals surface area contributed by atoms with E-state index in [0.29, 0.717) is 6.42 Å². The van der Waals surface area contributed by atoms with E-state index < -0.39 is 23.7 Å².